The van der Waals surface area contributed by atoms with Crippen molar-refractivity contribution in [2.45, 2.75) is 32.9 Å². The molecule has 0 radical (unpaired) electrons. The molecule has 2 aliphatic rings. The van der Waals surface area contributed by atoms with Gasteiger partial charge in [-0.2, -0.15) is 0 Å². The van der Waals surface area contributed by atoms with Crippen LogP contribution in [0.3, 0.4) is 0 Å². The average molecular weight is 319 g/mol. The summed E-state index contributed by atoms with van der Waals surface area (Å²) >= 11 is 0. The van der Waals surface area contributed by atoms with Crippen molar-refractivity contribution < 1.29 is 4.79 Å². The van der Waals surface area contributed by atoms with Gasteiger partial charge in [-0.05, 0) is 44.0 Å². The number of hydrogen-bond acceptors (Lipinski definition) is 3. The van der Waals surface area contributed by atoms with Crippen LogP contribution in [0.5, 0.6) is 0 Å². The Bertz CT molecular complexity index is 853. The van der Waals surface area contributed by atoms with E-state index in [1.54, 1.807) is 0 Å². The Morgan fingerprint density at radius 1 is 1.08 bits per heavy atom. The van der Waals surface area contributed by atoms with E-state index in [4.69, 9.17) is 4.99 Å². The van der Waals surface area contributed by atoms with Gasteiger partial charge in [0, 0.05) is 0 Å². The quantitative estimate of drug-likeness (QED) is 0.848. The highest BCUT2D eigenvalue weighted by molar-refractivity contribution is 6.19. The first kappa shape index (κ1) is 14.9. The molecule has 0 atom stereocenters. The minimum atomic E-state index is -0.253. The lowest BCUT2D eigenvalue weighted by Gasteiger charge is -2.36. The van der Waals surface area contributed by atoms with Crippen molar-refractivity contribution in [1.82, 2.24) is 4.90 Å². The number of nitrogens with zero attached hydrogens (tertiary/aromatic N) is 3. The maximum absolute atomic E-state index is 12.9. The molecule has 0 fully saturated rings. The van der Waals surface area contributed by atoms with Gasteiger partial charge in [-0.15, -0.1) is 0 Å². The number of amides is 1. The topological polar surface area (TPSA) is 35.9 Å². The summed E-state index contributed by atoms with van der Waals surface area (Å²) in [7, 11) is 0. The molecule has 0 aromatic heterocycles. The van der Waals surface area contributed by atoms with E-state index in [9.17, 15) is 4.79 Å². The Morgan fingerprint density at radius 2 is 1.79 bits per heavy atom. The van der Waals surface area contributed by atoms with Gasteiger partial charge in [-0.3, -0.25) is 9.69 Å². The molecule has 2 aromatic rings. The van der Waals surface area contributed by atoms with Crippen molar-refractivity contribution >= 4 is 17.6 Å². The van der Waals surface area contributed by atoms with Crippen molar-refractivity contribution in [1.29, 1.82) is 0 Å². The van der Waals surface area contributed by atoms with Gasteiger partial charge in [0.25, 0.3) is 5.91 Å². The average Bonchev–Trinajstić information content (AvgIpc) is 2.89. The lowest BCUT2D eigenvalue weighted by Crippen LogP contribution is -2.50. The summed E-state index contributed by atoms with van der Waals surface area (Å²) in [5, 5.41) is 0. The third-order valence-corrected chi connectivity index (χ3v) is 4.69. The monoisotopic (exact) mass is 319 g/mol. The highest BCUT2D eigenvalue weighted by Crippen LogP contribution is 2.35. The van der Waals surface area contributed by atoms with Crippen molar-refractivity contribution in [3.05, 3.63) is 65.2 Å². The number of carbonyl (C=O) groups is 1. The zero-order valence-corrected chi connectivity index (χ0v) is 14.3. The summed E-state index contributed by atoms with van der Waals surface area (Å²) in [5.74, 6) is 0.822. The summed E-state index contributed by atoms with van der Waals surface area (Å²) < 4.78 is 0. The number of benzene rings is 2. The van der Waals surface area contributed by atoms with Gasteiger partial charge in [-0.1, -0.05) is 36.4 Å². The minimum absolute atomic E-state index is 0.0518. The number of para-hydroxylation sites is 1. The van der Waals surface area contributed by atoms with Gasteiger partial charge < -0.3 is 4.90 Å². The van der Waals surface area contributed by atoms with E-state index >= 15 is 0 Å². The van der Waals surface area contributed by atoms with E-state index in [1.165, 1.54) is 11.1 Å². The second-order valence-corrected chi connectivity index (χ2v) is 7.15. The predicted octanol–water partition coefficient (Wildman–Crippen LogP) is 3.61. The molecule has 0 saturated carbocycles. The molecule has 1 amide bonds. The zero-order valence-electron chi connectivity index (χ0n) is 14.3. The number of carbonyl (C=O) groups excluding carboxylic acids is 1. The molecule has 2 aliphatic heterocycles. The first-order valence-corrected chi connectivity index (χ1v) is 8.29. The van der Waals surface area contributed by atoms with Crippen molar-refractivity contribution in [2.24, 2.45) is 4.99 Å². The number of fused-ring (bicyclic) bond motifs is 2. The van der Waals surface area contributed by atoms with Crippen LogP contribution in [0, 0.1) is 6.92 Å². The van der Waals surface area contributed by atoms with Gasteiger partial charge in [0.2, 0.25) is 5.96 Å². The molecule has 0 N–H and O–H groups in total. The Kier molecular flexibility index (Phi) is 3.23. The van der Waals surface area contributed by atoms with Crippen LogP contribution in [-0.2, 0) is 6.54 Å². The first-order chi connectivity index (χ1) is 11.5. The van der Waals surface area contributed by atoms with Crippen LogP contribution in [0.15, 0.2) is 53.5 Å². The molecule has 4 heteroatoms. The third kappa shape index (κ3) is 2.30. The zero-order chi connectivity index (χ0) is 16.9. The molecule has 2 aromatic carbocycles. The Morgan fingerprint density at radius 3 is 2.58 bits per heavy atom. The first-order valence-electron chi connectivity index (χ1n) is 8.29. The smallest absolute Gasteiger partial charge is 0.262 e. The van der Waals surface area contributed by atoms with Gasteiger partial charge in [0.05, 0.1) is 29.9 Å². The molecule has 4 nitrogen and oxygen atoms in total. The lowest BCUT2D eigenvalue weighted by molar-refractivity contribution is 0.0838. The highest BCUT2D eigenvalue weighted by Gasteiger charge is 2.43. The fourth-order valence-corrected chi connectivity index (χ4v) is 3.45. The van der Waals surface area contributed by atoms with Gasteiger partial charge in [0.15, 0.2) is 0 Å². The molecule has 0 unspecified atom stereocenters. The molecule has 0 bridgehead atoms. The van der Waals surface area contributed by atoms with E-state index < -0.39 is 0 Å². The van der Waals surface area contributed by atoms with Crippen molar-refractivity contribution in [3.63, 3.8) is 0 Å². The number of hydrogen-bond donors (Lipinski definition) is 0. The largest absolute Gasteiger partial charge is 0.307 e. The Hall–Kier alpha value is -2.62. The summed E-state index contributed by atoms with van der Waals surface area (Å²) in [5.41, 5.74) is 3.93. The molecule has 0 aliphatic carbocycles. The molecule has 4 rings (SSSR count). The standard InChI is InChI=1S/C20H21N3O/c1-14-8-4-5-9-15(14)12-22-17-11-7-6-10-16(17)18(24)23-13-20(2,3)21-19(22)23/h4-11H,12-13H2,1-3H3. The number of anilines is 1. The summed E-state index contributed by atoms with van der Waals surface area (Å²) in [4.78, 5) is 21.7. The number of guanidine groups is 1. The normalized spacial score (nSPS) is 18.3. The fourth-order valence-electron chi connectivity index (χ4n) is 3.45. The van der Waals surface area contributed by atoms with Gasteiger partial charge in [-0.25, -0.2) is 4.99 Å². The van der Waals surface area contributed by atoms with Crippen molar-refractivity contribution in [2.75, 3.05) is 11.4 Å². The molecule has 122 valence electrons. The molecular weight excluding hydrogens is 298 g/mol. The number of aliphatic imine (C=N–C) groups is 1. The summed E-state index contributed by atoms with van der Waals surface area (Å²) in [6, 6.07) is 16.2. The number of aryl methyl sites for hydroxylation is 1. The molecular formula is C20H21N3O. The summed E-state index contributed by atoms with van der Waals surface area (Å²) in [6.07, 6.45) is 0. The number of rotatable bonds is 2. The molecule has 0 spiro atoms. The van der Waals surface area contributed by atoms with Gasteiger partial charge >= 0.3 is 0 Å². The molecule has 24 heavy (non-hydrogen) atoms. The molecule has 2 heterocycles. The van der Waals surface area contributed by atoms with Crippen LogP contribution in [0.1, 0.15) is 35.3 Å². The van der Waals surface area contributed by atoms with Crippen LogP contribution < -0.4 is 4.90 Å². The second kappa shape index (κ2) is 5.20. The van der Waals surface area contributed by atoms with E-state index in [-0.39, 0.29) is 11.4 Å². The van der Waals surface area contributed by atoms with E-state index in [0.29, 0.717) is 13.1 Å². The Labute approximate surface area is 142 Å². The van der Waals surface area contributed by atoms with Crippen LogP contribution in [0.2, 0.25) is 0 Å². The fraction of sp³-hybridized carbons (Fsp3) is 0.300. The van der Waals surface area contributed by atoms with Crippen LogP contribution in [-0.4, -0.2) is 28.9 Å². The maximum Gasteiger partial charge on any atom is 0.262 e. The van der Waals surface area contributed by atoms with E-state index in [2.05, 4.69) is 49.9 Å². The molecule has 0 saturated heterocycles. The maximum atomic E-state index is 12.9. The van der Waals surface area contributed by atoms with Crippen LogP contribution in [0.25, 0.3) is 0 Å². The van der Waals surface area contributed by atoms with Crippen molar-refractivity contribution in [3.8, 4) is 0 Å². The highest BCUT2D eigenvalue weighted by atomic mass is 16.2. The lowest BCUT2D eigenvalue weighted by atomic mass is 10.0. The summed E-state index contributed by atoms with van der Waals surface area (Å²) in [6.45, 7) is 7.60. The minimum Gasteiger partial charge on any atom is -0.307 e. The second-order valence-electron chi connectivity index (χ2n) is 7.15. The van der Waals surface area contributed by atoms with E-state index in [1.807, 2.05) is 29.2 Å². The predicted molar refractivity (Wildman–Crippen MR) is 96.4 cm³/mol. The third-order valence-electron chi connectivity index (χ3n) is 4.69. The SMILES string of the molecule is Cc1ccccc1CN1C2=NC(C)(C)CN2C(=O)c2ccccc21. The van der Waals surface area contributed by atoms with Crippen LogP contribution in [0.4, 0.5) is 5.69 Å². The van der Waals surface area contributed by atoms with Gasteiger partial charge in [0.1, 0.15) is 0 Å². The van der Waals surface area contributed by atoms with E-state index in [0.717, 1.165) is 17.2 Å². The van der Waals surface area contributed by atoms with Crippen LogP contribution >= 0.6 is 0 Å². The Balaban J connectivity index is 1.84.